The summed E-state index contributed by atoms with van der Waals surface area (Å²) in [5.74, 6) is 0. The van der Waals surface area contributed by atoms with Gasteiger partial charge < -0.3 is 45.9 Å². The first-order valence-electron chi connectivity index (χ1n) is 4.37. The summed E-state index contributed by atoms with van der Waals surface area (Å²) in [5.41, 5.74) is 4.29. The first-order valence-corrected chi connectivity index (χ1v) is 5.19. The molecule has 0 aromatic carbocycles. The van der Waals surface area contributed by atoms with Crippen LogP contribution in [0.25, 0.3) is 0 Å². The van der Waals surface area contributed by atoms with E-state index in [-0.39, 0.29) is 28.3 Å². The molecule has 0 aromatic rings. The summed E-state index contributed by atoms with van der Waals surface area (Å²) in [6.07, 6.45) is 3.09. The summed E-state index contributed by atoms with van der Waals surface area (Å²) in [5, 5.41) is 1.62. The van der Waals surface area contributed by atoms with Gasteiger partial charge in [-0.15, -0.1) is 0 Å². The monoisotopic (exact) mass is 299 g/mol. The molecular weight excluding hydrogens is 284 g/mol. The molecule has 0 aliphatic rings. The topological polar surface area (TPSA) is 72.2 Å². The van der Waals surface area contributed by atoms with Crippen LogP contribution in [0.15, 0.2) is 0 Å². The van der Waals surface area contributed by atoms with Crippen molar-refractivity contribution in [1.82, 2.24) is 5.32 Å². The Hall–Kier alpha value is -0.101. The molecule has 15 heavy (non-hydrogen) atoms. The fourth-order valence-electron chi connectivity index (χ4n) is 0.893. The minimum absolute atomic E-state index is 0. The van der Waals surface area contributed by atoms with E-state index in [1.54, 1.807) is 0 Å². The molecule has 2 amide bonds. The summed E-state index contributed by atoms with van der Waals surface area (Å²) >= 11 is 8.14. The van der Waals surface area contributed by atoms with E-state index in [9.17, 15) is 4.79 Å². The van der Waals surface area contributed by atoms with Gasteiger partial charge in [0.15, 0.2) is 0 Å². The molecule has 0 spiro atoms. The third-order valence-corrected chi connectivity index (χ3v) is 1.57. The van der Waals surface area contributed by atoms with Gasteiger partial charge in [-0.25, -0.2) is 0 Å². The van der Waals surface area contributed by atoms with E-state index in [2.05, 4.69) is 43.2 Å². The van der Waals surface area contributed by atoms with Crippen LogP contribution < -0.4 is 11.1 Å². The van der Waals surface area contributed by atoms with Crippen molar-refractivity contribution >= 4 is 35.7 Å². The molecule has 93 valence electrons. The largest absolute Gasteiger partial charge is 2.00 e. The van der Waals surface area contributed by atoms with E-state index in [0.29, 0.717) is 0 Å². The van der Waals surface area contributed by atoms with Crippen molar-refractivity contribution in [2.45, 2.75) is 39.2 Å². The standard InChI is InChI=1S/C7H15NOS.CH3NOS.Cu/c1-3-5-6(4-2)8-7(9)10;2-1(3)4;/h6H,3-5H2,1-2H3,(H2,8,9,10);(H3,2,3,4);/q;;+2/p-2. The van der Waals surface area contributed by atoms with Crippen LogP contribution in [0.1, 0.15) is 33.1 Å². The fourth-order valence-corrected chi connectivity index (χ4v) is 1.06. The molecule has 1 radical (unpaired) electrons. The number of carbonyl (C=O) groups is 2. The van der Waals surface area contributed by atoms with Crippen molar-refractivity contribution in [3.05, 3.63) is 0 Å². The molecule has 1 atom stereocenters. The Bertz CT molecular complexity index is 178. The minimum Gasteiger partial charge on any atom is -0.719 e. The summed E-state index contributed by atoms with van der Waals surface area (Å²) < 4.78 is 0. The predicted octanol–water partition coefficient (Wildman–Crippen LogP) is 1.43. The first-order chi connectivity index (χ1) is 6.43. The number of hydrogen-bond acceptors (Lipinski definition) is 4. The van der Waals surface area contributed by atoms with Gasteiger partial charge in [-0.1, -0.05) is 20.3 Å². The van der Waals surface area contributed by atoms with Crippen molar-refractivity contribution in [1.29, 1.82) is 0 Å². The number of carbonyl (C=O) groups excluding carboxylic acids is 2. The third-order valence-electron chi connectivity index (χ3n) is 1.45. The van der Waals surface area contributed by atoms with Gasteiger partial charge in [0.1, 0.15) is 0 Å². The smallest absolute Gasteiger partial charge is 0.719 e. The minimum atomic E-state index is -0.750. The number of nitrogens with one attached hydrogen (secondary N) is 1. The van der Waals surface area contributed by atoms with Crippen LogP contribution in [-0.4, -0.2) is 16.5 Å². The maximum Gasteiger partial charge on any atom is 2.00 e. The average Bonchev–Trinajstić information content (AvgIpc) is 2.01. The van der Waals surface area contributed by atoms with Gasteiger partial charge in [-0.05, 0) is 12.8 Å². The van der Waals surface area contributed by atoms with E-state index >= 15 is 0 Å². The second kappa shape index (κ2) is 13.9. The van der Waals surface area contributed by atoms with Crippen LogP contribution in [-0.2, 0) is 42.3 Å². The Morgan fingerprint density at radius 1 is 1.33 bits per heavy atom. The molecule has 0 rings (SSSR count). The molecular formula is C8H16CuN2O2S2. The molecule has 0 fully saturated rings. The van der Waals surface area contributed by atoms with E-state index < -0.39 is 5.24 Å². The Morgan fingerprint density at radius 2 is 1.73 bits per heavy atom. The molecule has 1 unspecified atom stereocenters. The maximum absolute atomic E-state index is 10.4. The molecule has 0 saturated carbocycles. The zero-order valence-corrected chi connectivity index (χ0v) is 11.3. The summed E-state index contributed by atoms with van der Waals surface area (Å²) in [6, 6.07) is 0.287. The second-order valence-corrected chi connectivity index (χ2v) is 3.42. The molecule has 0 heterocycles. The van der Waals surface area contributed by atoms with Gasteiger partial charge in [0.05, 0.1) is 10.5 Å². The summed E-state index contributed by atoms with van der Waals surface area (Å²) in [7, 11) is 0. The molecule has 0 saturated heterocycles. The van der Waals surface area contributed by atoms with Gasteiger partial charge in [0.25, 0.3) is 0 Å². The molecule has 0 aliphatic heterocycles. The SMILES string of the molecule is CCCC(CC)NC(=O)[S-].NC(=O)[S-].[Cu+2]. The Balaban J connectivity index is -0.000000249. The molecule has 0 aromatic heterocycles. The van der Waals surface area contributed by atoms with Crippen LogP contribution >= 0.6 is 0 Å². The number of nitrogens with two attached hydrogens (primary N) is 1. The van der Waals surface area contributed by atoms with Gasteiger partial charge >= 0.3 is 17.1 Å². The van der Waals surface area contributed by atoms with Gasteiger partial charge in [0, 0.05) is 6.04 Å². The summed E-state index contributed by atoms with van der Waals surface area (Å²) in [4.78, 5) is 19.4. The third kappa shape index (κ3) is 24.8. The number of amides is 2. The number of rotatable bonds is 4. The van der Waals surface area contributed by atoms with Crippen LogP contribution in [0, 0.1) is 0 Å². The first kappa shape index (κ1) is 20.3. The predicted molar refractivity (Wildman–Crippen MR) is 61.8 cm³/mol. The zero-order valence-electron chi connectivity index (χ0n) is 8.71. The zero-order chi connectivity index (χ0) is 11.6. The van der Waals surface area contributed by atoms with Crippen molar-refractivity contribution in [2.75, 3.05) is 0 Å². The Morgan fingerprint density at radius 3 is 1.93 bits per heavy atom. The Labute approximate surface area is 112 Å². The van der Waals surface area contributed by atoms with Crippen LogP contribution in [0.2, 0.25) is 0 Å². The Kier molecular flexibility index (Phi) is 18.8. The fraction of sp³-hybridized carbons (Fsp3) is 0.750. The number of hydrogen-bond donors (Lipinski definition) is 2. The summed E-state index contributed by atoms with van der Waals surface area (Å²) in [6.45, 7) is 4.14. The van der Waals surface area contributed by atoms with Crippen molar-refractivity contribution in [3.8, 4) is 0 Å². The van der Waals surface area contributed by atoms with Gasteiger partial charge in [0.2, 0.25) is 0 Å². The normalized spacial score (nSPS) is 10.0. The second-order valence-electron chi connectivity index (χ2n) is 2.64. The van der Waals surface area contributed by atoms with E-state index in [0.717, 1.165) is 19.3 Å². The van der Waals surface area contributed by atoms with Crippen molar-refractivity contribution in [2.24, 2.45) is 5.73 Å². The molecule has 0 bridgehead atoms. The van der Waals surface area contributed by atoms with Crippen LogP contribution in [0.5, 0.6) is 0 Å². The molecule has 7 heteroatoms. The molecule has 3 N–H and O–H groups in total. The van der Waals surface area contributed by atoms with Crippen molar-refractivity contribution < 1.29 is 26.7 Å². The van der Waals surface area contributed by atoms with Gasteiger partial charge in [-0.2, -0.15) is 0 Å². The van der Waals surface area contributed by atoms with E-state index in [1.165, 1.54) is 0 Å². The van der Waals surface area contributed by atoms with E-state index in [4.69, 9.17) is 4.79 Å². The van der Waals surface area contributed by atoms with Crippen molar-refractivity contribution in [3.63, 3.8) is 0 Å². The maximum atomic E-state index is 10.4. The molecule has 4 nitrogen and oxygen atoms in total. The molecule has 0 aliphatic carbocycles. The van der Waals surface area contributed by atoms with Crippen LogP contribution in [0.3, 0.4) is 0 Å². The quantitative estimate of drug-likeness (QED) is 0.608. The van der Waals surface area contributed by atoms with Gasteiger partial charge in [-0.3, -0.25) is 0 Å². The number of primary amides is 1. The van der Waals surface area contributed by atoms with E-state index in [1.807, 2.05) is 6.92 Å². The van der Waals surface area contributed by atoms with Crippen LogP contribution in [0.4, 0.5) is 9.59 Å². The average molecular weight is 300 g/mol.